The minimum atomic E-state index is -3.64. The zero-order valence-electron chi connectivity index (χ0n) is 11.2. The number of rotatable bonds is 6. The molecule has 0 aliphatic heterocycles. The van der Waals surface area contributed by atoms with Crippen molar-refractivity contribution in [1.82, 2.24) is 10.0 Å². The highest BCUT2D eigenvalue weighted by Gasteiger charge is 2.20. The fraction of sp³-hybridized carbons (Fsp3) is 0.231. The molecule has 0 amide bonds. The Bertz CT molecular complexity index is 732. The molecule has 2 N–H and O–H groups in total. The lowest BCUT2D eigenvalue weighted by atomic mass is 10.2. The van der Waals surface area contributed by atoms with Crippen LogP contribution in [0, 0.1) is 5.82 Å². The molecule has 2 rings (SSSR count). The third-order valence-corrected chi connectivity index (χ3v) is 6.36. The molecule has 0 saturated heterocycles. The van der Waals surface area contributed by atoms with Gasteiger partial charge in [-0.15, -0.1) is 11.3 Å². The summed E-state index contributed by atoms with van der Waals surface area (Å²) >= 11 is 4.64. The average molecular weight is 393 g/mol. The van der Waals surface area contributed by atoms with Crippen LogP contribution in [-0.4, -0.2) is 15.5 Å². The van der Waals surface area contributed by atoms with Gasteiger partial charge in [-0.3, -0.25) is 0 Å². The van der Waals surface area contributed by atoms with E-state index >= 15 is 0 Å². The van der Waals surface area contributed by atoms with Gasteiger partial charge in [-0.25, -0.2) is 17.5 Å². The van der Waals surface area contributed by atoms with Crippen molar-refractivity contribution in [2.75, 3.05) is 7.05 Å². The third kappa shape index (κ3) is 4.33. The van der Waals surface area contributed by atoms with E-state index < -0.39 is 10.0 Å². The molecule has 0 aliphatic carbocycles. The van der Waals surface area contributed by atoms with Crippen molar-refractivity contribution in [2.24, 2.45) is 0 Å². The van der Waals surface area contributed by atoms with E-state index in [9.17, 15) is 12.8 Å². The Balaban J connectivity index is 2.15. The summed E-state index contributed by atoms with van der Waals surface area (Å²) in [4.78, 5) is 1.12. The molecule has 0 spiro atoms. The van der Waals surface area contributed by atoms with Gasteiger partial charge in [-0.05, 0) is 46.7 Å². The zero-order valence-corrected chi connectivity index (χ0v) is 14.4. The van der Waals surface area contributed by atoms with E-state index in [1.807, 2.05) is 0 Å². The Kier molecular flexibility index (Phi) is 5.50. The van der Waals surface area contributed by atoms with Crippen molar-refractivity contribution in [2.45, 2.75) is 18.0 Å². The smallest absolute Gasteiger partial charge is 0.242 e. The largest absolute Gasteiger partial charge is 0.315 e. The van der Waals surface area contributed by atoms with E-state index in [-0.39, 0.29) is 17.3 Å². The summed E-state index contributed by atoms with van der Waals surface area (Å²) in [6.07, 6.45) is 0. The van der Waals surface area contributed by atoms with Gasteiger partial charge in [0.2, 0.25) is 10.0 Å². The van der Waals surface area contributed by atoms with Crippen molar-refractivity contribution in [1.29, 1.82) is 0 Å². The summed E-state index contributed by atoms with van der Waals surface area (Å²) in [5.74, 6) is -0.389. The van der Waals surface area contributed by atoms with E-state index in [1.165, 1.54) is 23.5 Å². The maximum Gasteiger partial charge on any atom is 0.242 e. The number of nitrogens with one attached hydrogen (secondary N) is 2. The number of hydrogen-bond acceptors (Lipinski definition) is 4. The fourth-order valence-electron chi connectivity index (χ4n) is 1.75. The number of sulfonamides is 1. The Morgan fingerprint density at radius 3 is 2.71 bits per heavy atom. The predicted molar refractivity (Wildman–Crippen MR) is 85.2 cm³/mol. The van der Waals surface area contributed by atoms with Crippen LogP contribution in [0.5, 0.6) is 0 Å². The summed E-state index contributed by atoms with van der Waals surface area (Å²) < 4.78 is 40.7. The monoisotopic (exact) mass is 392 g/mol. The topological polar surface area (TPSA) is 58.2 Å². The van der Waals surface area contributed by atoms with Gasteiger partial charge in [0.1, 0.15) is 10.7 Å². The van der Waals surface area contributed by atoms with Gasteiger partial charge >= 0.3 is 0 Å². The van der Waals surface area contributed by atoms with Crippen LogP contribution >= 0.6 is 27.3 Å². The molecule has 0 unspecified atom stereocenters. The molecule has 0 atom stereocenters. The first-order valence-electron chi connectivity index (χ1n) is 6.09. The molecular formula is C13H14BrFN2O2S2. The first kappa shape index (κ1) is 16.6. The second-order valence-corrected chi connectivity index (χ2v) is 8.53. The highest BCUT2D eigenvalue weighted by atomic mass is 79.9. The Hall–Kier alpha value is -0.800. The van der Waals surface area contributed by atoms with Crippen molar-refractivity contribution in [3.8, 4) is 0 Å². The van der Waals surface area contributed by atoms with E-state index in [0.29, 0.717) is 15.9 Å². The highest BCUT2D eigenvalue weighted by molar-refractivity contribution is 9.11. The second-order valence-electron chi connectivity index (χ2n) is 4.34. The summed E-state index contributed by atoms with van der Waals surface area (Å²) in [6.45, 7) is 0.645. The minimum absolute atomic E-state index is 0.0454. The van der Waals surface area contributed by atoms with Gasteiger partial charge in [-0.1, -0.05) is 12.1 Å². The molecule has 1 heterocycles. The van der Waals surface area contributed by atoms with Crippen LogP contribution in [0.25, 0.3) is 0 Å². The number of hydrogen-bond donors (Lipinski definition) is 2. The summed E-state index contributed by atoms with van der Waals surface area (Å²) in [5.41, 5.74) is 0.570. The number of halogens is 2. The fourth-order valence-corrected chi connectivity index (χ4v) is 5.46. The number of thiophene rings is 1. The number of benzene rings is 1. The lowest BCUT2D eigenvalue weighted by Crippen LogP contribution is -2.23. The predicted octanol–water partition coefficient (Wildman–Crippen LogP) is 2.85. The van der Waals surface area contributed by atoms with Crippen LogP contribution in [-0.2, 0) is 23.1 Å². The van der Waals surface area contributed by atoms with Crippen LogP contribution < -0.4 is 10.0 Å². The van der Waals surface area contributed by atoms with Crippen LogP contribution in [0.3, 0.4) is 0 Å². The molecule has 0 saturated carbocycles. The van der Waals surface area contributed by atoms with Crippen molar-refractivity contribution < 1.29 is 12.8 Å². The van der Waals surface area contributed by atoms with Crippen LogP contribution in [0.4, 0.5) is 4.39 Å². The molecule has 2 aromatic rings. The molecule has 0 aliphatic rings. The molecule has 8 heteroatoms. The molecule has 21 heavy (non-hydrogen) atoms. The maximum atomic E-state index is 13.1. The van der Waals surface area contributed by atoms with Gasteiger partial charge in [0.25, 0.3) is 0 Å². The molecule has 0 bridgehead atoms. The first-order valence-corrected chi connectivity index (χ1v) is 9.18. The standard InChI is InChI=1S/C13H14BrFN2O2S2/c1-16-8-11-6-12(13(14)20-11)21(18,19)17-7-9-3-2-4-10(15)5-9/h2-6,16-17H,7-8H2,1H3. The van der Waals surface area contributed by atoms with Gasteiger partial charge < -0.3 is 5.32 Å². The lowest BCUT2D eigenvalue weighted by Gasteiger charge is -2.06. The molecule has 114 valence electrons. The first-order chi connectivity index (χ1) is 9.92. The molecule has 4 nitrogen and oxygen atoms in total. The highest BCUT2D eigenvalue weighted by Crippen LogP contribution is 2.31. The van der Waals surface area contributed by atoms with E-state index in [4.69, 9.17) is 0 Å². The van der Waals surface area contributed by atoms with Gasteiger partial charge in [-0.2, -0.15) is 0 Å². The molecule has 1 aromatic carbocycles. The van der Waals surface area contributed by atoms with Gasteiger partial charge in [0, 0.05) is 18.0 Å². The maximum absolute atomic E-state index is 13.1. The quantitative estimate of drug-likeness (QED) is 0.794. The Labute approximate surface area is 135 Å². The Morgan fingerprint density at radius 1 is 1.29 bits per heavy atom. The molecule has 1 aromatic heterocycles. The summed E-state index contributed by atoms with van der Waals surface area (Å²) in [5, 5.41) is 2.97. The van der Waals surface area contributed by atoms with Crippen molar-refractivity contribution in [3.63, 3.8) is 0 Å². The normalized spacial score (nSPS) is 11.8. The van der Waals surface area contributed by atoms with E-state index in [2.05, 4.69) is 26.0 Å². The van der Waals surface area contributed by atoms with Crippen LogP contribution in [0.15, 0.2) is 39.0 Å². The van der Waals surface area contributed by atoms with Crippen LogP contribution in [0.2, 0.25) is 0 Å². The van der Waals surface area contributed by atoms with Crippen molar-refractivity contribution in [3.05, 3.63) is 50.4 Å². The van der Waals surface area contributed by atoms with Gasteiger partial charge in [0.15, 0.2) is 0 Å². The average Bonchev–Trinajstić information content (AvgIpc) is 2.79. The summed E-state index contributed by atoms with van der Waals surface area (Å²) in [6, 6.07) is 7.46. The zero-order chi connectivity index (χ0) is 15.5. The lowest BCUT2D eigenvalue weighted by molar-refractivity contribution is 0.580. The van der Waals surface area contributed by atoms with Gasteiger partial charge in [0.05, 0.1) is 3.79 Å². The molecular weight excluding hydrogens is 379 g/mol. The summed E-state index contributed by atoms with van der Waals surface area (Å²) in [7, 11) is -1.84. The Morgan fingerprint density at radius 2 is 2.05 bits per heavy atom. The van der Waals surface area contributed by atoms with E-state index in [1.54, 1.807) is 25.2 Å². The van der Waals surface area contributed by atoms with Crippen molar-refractivity contribution >= 4 is 37.3 Å². The SMILES string of the molecule is CNCc1cc(S(=O)(=O)NCc2cccc(F)c2)c(Br)s1. The second kappa shape index (κ2) is 6.97. The van der Waals surface area contributed by atoms with Crippen LogP contribution in [0.1, 0.15) is 10.4 Å². The molecule has 0 radical (unpaired) electrons. The van der Waals surface area contributed by atoms with E-state index in [0.717, 1.165) is 4.88 Å². The minimum Gasteiger partial charge on any atom is -0.315 e. The molecule has 0 fully saturated rings. The third-order valence-electron chi connectivity index (χ3n) is 2.70.